The molecule has 2 aromatic carbocycles. The van der Waals surface area contributed by atoms with Gasteiger partial charge in [-0.2, -0.15) is 0 Å². The van der Waals surface area contributed by atoms with Crippen molar-refractivity contribution in [2.24, 2.45) is 5.92 Å². The van der Waals surface area contributed by atoms with E-state index in [4.69, 9.17) is 0 Å². The number of benzene rings is 2. The fourth-order valence-electron chi connectivity index (χ4n) is 2.57. The van der Waals surface area contributed by atoms with Gasteiger partial charge in [0, 0.05) is 0 Å². The second-order valence-corrected chi connectivity index (χ2v) is 5.87. The monoisotopic (exact) mass is 340 g/mol. The van der Waals surface area contributed by atoms with Gasteiger partial charge in [0.25, 0.3) is 5.91 Å². The molecule has 0 bridgehead atoms. The Morgan fingerprint density at radius 1 is 1.00 bits per heavy atom. The summed E-state index contributed by atoms with van der Waals surface area (Å²) in [6, 6.07) is 18.3. The minimum Gasteiger partial charge on any atom is -0.481 e. The number of para-hydroxylation sites is 2. The molecular formula is C20H24N2O3. The van der Waals surface area contributed by atoms with E-state index in [9.17, 15) is 14.7 Å². The van der Waals surface area contributed by atoms with E-state index >= 15 is 0 Å². The molecule has 25 heavy (non-hydrogen) atoms. The SMILES string of the molecule is CCCCCC(C(=O)O)C(=O)N(Nc1ccccc1)c1ccccc1. The van der Waals surface area contributed by atoms with Crippen molar-refractivity contribution in [3.63, 3.8) is 0 Å². The van der Waals surface area contributed by atoms with Crippen molar-refractivity contribution in [3.05, 3.63) is 60.7 Å². The third-order valence-electron chi connectivity index (χ3n) is 3.94. The van der Waals surface area contributed by atoms with Crippen LogP contribution in [0.15, 0.2) is 60.7 Å². The van der Waals surface area contributed by atoms with Gasteiger partial charge in [-0.3, -0.25) is 15.0 Å². The first-order valence-corrected chi connectivity index (χ1v) is 8.57. The maximum atomic E-state index is 13.0. The van der Waals surface area contributed by atoms with E-state index in [1.54, 1.807) is 12.1 Å². The highest BCUT2D eigenvalue weighted by atomic mass is 16.4. The normalized spacial score (nSPS) is 11.6. The Bertz CT molecular complexity index is 674. The molecule has 2 N–H and O–H groups in total. The molecule has 2 aromatic rings. The molecule has 132 valence electrons. The Hall–Kier alpha value is -2.82. The number of nitrogens with zero attached hydrogens (tertiary/aromatic N) is 1. The molecule has 1 amide bonds. The number of nitrogens with one attached hydrogen (secondary N) is 1. The van der Waals surface area contributed by atoms with Crippen LogP contribution < -0.4 is 10.4 Å². The molecule has 1 atom stereocenters. The number of aliphatic carboxylic acids is 1. The Morgan fingerprint density at radius 3 is 2.16 bits per heavy atom. The Labute approximate surface area is 148 Å². The van der Waals surface area contributed by atoms with Crippen LogP contribution in [0.2, 0.25) is 0 Å². The summed E-state index contributed by atoms with van der Waals surface area (Å²) in [4.78, 5) is 24.6. The van der Waals surface area contributed by atoms with E-state index in [0.717, 1.165) is 18.5 Å². The summed E-state index contributed by atoms with van der Waals surface area (Å²) in [5, 5.41) is 10.9. The molecule has 0 aliphatic heterocycles. The average Bonchev–Trinajstić information content (AvgIpc) is 2.64. The number of amides is 1. The molecule has 5 nitrogen and oxygen atoms in total. The van der Waals surface area contributed by atoms with E-state index in [2.05, 4.69) is 5.43 Å². The molecule has 0 radical (unpaired) electrons. The van der Waals surface area contributed by atoms with Gasteiger partial charge in [0.2, 0.25) is 0 Å². The largest absolute Gasteiger partial charge is 0.481 e. The summed E-state index contributed by atoms with van der Waals surface area (Å²) in [5.41, 5.74) is 4.37. The van der Waals surface area contributed by atoms with E-state index < -0.39 is 17.8 Å². The second-order valence-electron chi connectivity index (χ2n) is 5.87. The number of rotatable bonds is 9. The zero-order valence-electron chi connectivity index (χ0n) is 14.4. The summed E-state index contributed by atoms with van der Waals surface area (Å²) >= 11 is 0. The highest BCUT2D eigenvalue weighted by Gasteiger charge is 2.31. The van der Waals surface area contributed by atoms with E-state index in [1.807, 2.05) is 55.5 Å². The summed E-state index contributed by atoms with van der Waals surface area (Å²) < 4.78 is 0. The molecule has 5 heteroatoms. The number of carboxylic acids is 1. The Balaban J connectivity index is 2.26. The van der Waals surface area contributed by atoms with Gasteiger partial charge in [0.1, 0.15) is 5.92 Å². The van der Waals surface area contributed by atoms with Crippen LogP contribution in [-0.2, 0) is 9.59 Å². The molecule has 0 aliphatic rings. The van der Waals surface area contributed by atoms with Gasteiger partial charge in [-0.15, -0.1) is 0 Å². The Morgan fingerprint density at radius 2 is 1.60 bits per heavy atom. The van der Waals surface area contributed by atoms with Crippen molar-refractivity contribution in [1.82, 2.24) is 0 Å². The molecule has 0 heterocycles. The maximum absolute atomic E-state index is 13.0. The number of unbranched alkanes of at least 4 members (excludes halogenated alkanes) is 2. The first-order valence-electron chi connectivity index (χ1n) is 8.57. The first-order chi connectivity index (χ1) is 12.1. The van der Waals surface area contributed by atoms with Crippen LogP contribution in [0.4, 0.5) is 11.4 Å². The van der Waals surface area contributed by atoms with Crippen molar-refractivity contribution in [2.45, 2.75) is 32.6 Å². The molecular weight excluding hydrogens is 316 g/mol. The van der Waals surface area contributed by atoms with Crippen molar-refractivity contribution < 1.29 is 14.7 Å². The molecule has 0 aliphatic carbocycles. The standard InChI is InChI=1S/C20H24N2O3/c1-2-3-6-15-18(20(24)25)19(23)22(17-13-9-5-10-14-17)21-16-11-7-4-8-12-16/h4-5,7-14,18,21H,2-3,6,15H2,1H3,(H,24,25). The summed E-state index contributed by atoms with van der Waals surface area (Å²) in [5.74, 6) is -2.61. The van der Waals surface area contributed by atoms with Gasteiger partial charge < -0.3 is 5.11 Å². The number of hydrogen-bond donors (Lipinski definition) is 2. The van der Waals surface area contributed by atoms with Crippen LogP contribution in [-0.4, -0.2) is 17.0 Å². The maximum Gasteiger partial charge on any atom is 0.316 e. The van der Waals surface area contributed by atoms with Crippen LogP contribution >= 0.6 is 0 Å². The number of hydrogen-bond acceptors (Lipinski definition) is 3. The molecule has 0 spiro atoms. The molecule has 0 aromatic heterocycles. The quantitative estimate of drug-likeness (QED) is 0.405. The topological polar surface area (TPSA) is 69.6 Å². The summed E-state index contributed by atoms with van der Waals surface area (Å²) in [6.07, 6.45) is 2.94. The molecule has 0 saturated heterocycles. The van der Waals surface area contributed by atoms with E-state index in [1.165, 1.54) is 5.01 Å². The minimum absolute atomic E-state index is 0.335. The minimum atomic E-state index is -1.09. The summed E-state index contributed by atoms with van der Waals surface area (Å²) in [7, 11) is 0. The zero-order valence-corrected chi connectivity index (χ0v) is 14.4. The lowest BCUT2D eigenvalue weighted by Crippen LogP contribution is -2.43. The fourth-order valence-corrected chi connectivity index (χ4v) is 2.57. The highest BCUT2D eigenvalue weighted by molar-refractivity contribution is 6.06. The third-order valence-corrected chi connectivity index (χ3v) is 3.94. The van der Waals surface area contributed by atoms with Crippen LogP contribution in [0.5, 0.6) is 0 Å². The molecule has 0 saturated carbocycles. The number of hydrazine groups is 1. The van der Waals surface area contributed by atoms with Crippen molar-refractivity contribution in [3.8, 4) is 0 Å². The van der Waals surface area contributed by atoms with Gasteiger partial charge in [-0.1, -0.05) is 62.6 Å². The van der Waals surface area contributed by atoms with Gasteiger partial charge >= 0.3 is 5.97 Å². The highest BCUT2D eigenvalue weighted by Crippen LogP contribution is 2.21. The van der Waals surface area contributed by atoms with Crippen molar-refractivity contribution in [2.75, 3.05) is 10.4 Å². The van der Waals surface area contributed by atoms with Crippen LogP contribution in [0.1, 0.15) is 32.6 Å². The van der Waals surface area contributed by atoms with Crippen LogP contribution in [0.3, 0.4) is 0 Å². The van der Waals surface area contributed by atoms with E-state index in [-0.39, 0.29) is 0 Å². The predicted octanol–water partition coefficient (Wildman–Crippen LogP) is 4.33. The van der Waals surface area contributed by atoms with Crippen LogP contribution in [0.25, 0.3) is 0 Å². The number of carbonyl (C=O) groups is 2. The van der Waals surface area contributed by atoms with Gasteiger partial charge in [-0.25, -0.2) is 5.01 Å². The lowest BCUT2D eigenvalue weighted by Gasteiger charge is -2.27. The number of carboxylic acid groups (broad SMARTS) is 1. The lowest BCUT2D eigenvalue weighted by molar-refractivity contribution is -0.146. The fraction of sp³-hybridized carbons (Fsp3) is 0.300. The van der Waals surface area contributed by atoms with Gasteiger partial charge in [0.15, 0.2) is 0 Å². The van der Waals surface area contributed by atoms with Crippen molar-refractivity contribution >= 4 is 23.3 Å². The smallest absolute Gasteiger partial charge is 0.316 e. The molecule has 2 rings (SSSR count). The van der Waals surface area contributed by atoms with Crippen molar-refractivity contribution in [1.29, 1.82) is 0 Å². The summed E-state index contributed by atoms with van der Waals surface area (Å²) in [6.45, 7) is 2.05. The zero-order chi connectivity index (χ0) is 18.1. The van der Waals surface area contributed by atoms with Crippen LogP contribution in [0, 0.1) is 5.92 Å². The first kappa shape index (κ1) is 18.5. The molecule has 0 fully saturated rings. The van der Waals surface area contributed by atoms with Gasteiger partial charge in [0.05, 0.1) is 11.4 Å². The average molecular weight is 340 g/mol. The predicted molar refractivity (Wildman–Crippen MR) is 99.3 cm³/mol. The Kier molecular flexibility index (Phi) is 7.01. The third kappa shape index (κ3) is 5.35. The number of anilines is 2. The lowest BCUT2D eigenvalue weighted by atomic mass is 10.00. The molecule has 1 unspecified atom stereocenters. The van der Waals surface area contributed by atoms with Gasteiger partial charge in [-0.05, 0) is 30.7 Å². The van der Waals surface area contributed by atoms with E-state index in [0.29, 0.717) is 18.5 Å². The number of carbonyl (C=O) groups excluding carboxylic acids is 1. The second kappa shape index (κ2) is 9.47.